The lowest BCUT2D eigenvalue weighted by Crippen LogP contribution is -2.49. The SMILES string of the molecule is NC(=NO)C(NC(=O)c1ccon1)C1CCCCC1. The van der Waals surface area contributed by atoms with E-state index in [-0.39, 0.29) is 23.4 Å². The van der Waals surface area contributed by atoms with Crippen LogP contribution in [0.25, 0.3) is 0 Å². The van der Waals surface area contributed by atoms with Crippen molar-refractivity contribution in [1.82, 2.24) is 10.5 Å². The van der Waals surface area contributed by atoms with Gasteiger partial charge in [0.2, 0.25) is 0 Å². The van der Waals surface area contributed by atoms with Gasteiger partial charge in [-0.05, 0) is 18.8 Å². The number of hydrogen-bond donors (Lipinski definition) is 3. The summed E-state index contributed by atoms with van der Waals surface area (Å²) < 4.78 is 4.63. The van der Waals surface area contributed by atoms with Crippen LogP contribution in [0.15, 0.2) is 22.0 Å². The number of hydrogen-bond acceptors (Lipinski definition) is 5. The van der Waals surface area contributed by atoms with Gasteiger partial charge in [-0.2, -0.15) is 0 Å². The first-order valence-corrected chi connectivity index (χ1v) is 6.41. The van der Waals surface area contributed by atoms with E-state index in [1.54, 1.807) is 0 Å². The number of carbonyl (C=O) groups is 1. The summed E-state index contributed by atoms with van der Waals surface area (Å²) in [5, 5.41) is 18.2. The minimum atomic E-state index is -0.463. The van der Waals surface area contributed by atoms with Gasteiger partial charge in [-0.1, -0.05) is 29.6 Å². The molecule has 1 aromatic rings. The number of nitrogens with two attached hydrogens (primary N) is 1. The predicted molar refractivity (Wildman–Crippen MR) is 67.7 cm³/mol. The van der Waals surface area contributed by atoms with Crippen molar-refractivity contribution in [1.29, 1.82) is 0 Å². The van der Waals surface area contributed by atoms with E-state index in [1.165, 1.54) is 18.8 Å². The molecule has 7 nitrogen and oxygen atoms in total. The van der Waals surface area contributed by atoms with Gasteiger partial charge in [0.15, 0.2) is 11.5 Å². The van der Waals surface area contributed by atoms with E-state index in [0.29, 0.717) is 0 Å². The second-order valence-electron chi connectivity index (χ2n) is 4.76. The fraction of sp³-hybridized carbons (Fsp3) is 0.583. The Morgan fingerprint density at radius 2 is 2.26 bits per heavy atom. The fourth-order valence-electron chi connectivity index (χ4n) is 2.51. The number of amides is 1. The Hall–Kier alpha value is -2.05. The Morgan fingerprint density at radius 3 is 2.84 bits per heavy atom. The summed E-state index contributed by atoms with van der Waals surface area (Å²) in [6.45, 7) is 0. The Morgan fingerprint density at radius 1 is 1.53 bits per heavy atom. The smallest absolute Gasteiger partial charge is 0.274 e. The summed E-state index contributed by atoms with van der Waals surface area (Å²) in [6, 6.07) is 1.01. The maximum Gasteiger partial charge on any atom is 0.274 e. The molecule has 4 N–H and O–H groups in total. The van der Waals surface area contributed by atoms with Crippen LogP contribution in [0.4, 0.5) is 0 Å². The Kier molecular flexibility index (Phi) is 4.38. The summed E-state index contributed by atoms with van der Waals surface area (Å²) in [5.74, 6) is -0.153. The number of nitrogens with zero attached hydrogens (tertiary/aromatic N) is 2. The standard InChI is InChI=1S/C12H18N4O3/c13-11(15-18)10(8-4-2-1-3-5-8)14-12(17)9-6-7-19-16-9/h6-8,10,18H,1-5H2,(H2,13,15)(H,14,17). The molecule has 0 aliphatic heterocycles. The average Bonchev–Trinajstić information content (AvgIpc) is 2.99. The molecule has 1 saturated carbocycles. The summed E-state index contributed by atoms with van der Waals surface area (Å²) in [7, 11) is 0. The number of carbonyl (C=O) groups excluding carboxylic acids is 1. The molecule has 1 fully saturated rings. The average molecular weight is 266 g/mol. The molecule has 1 aliphatic rings. The lowest BCUT2D eigenvalue weighted by atomic mass is 9.83. The molecule has 0 saturated heterocycles. The van der Waals surface area contributed by atoms with Crippen LogP contribution in [0.3, 0.4) is 0 Å². The molecule has 7 heteroatoms. The van der Waals surface area contributed by atoms with Gasteiger partial charge in [0.25, 0.3) is 5.91 Å². The molecule has 1 atom stereocenters. The number of oxime groups is 1. The van der Waals surface area contributed by atoms with Crippen molar-refractivity contribution in [2.45, 2.75) is 38.1 Å². The second kappa shape index (κ2) is 6.21. The van der Waals surface area contributed by atoms with E-state index in [0.717, 1.165) is 25.7 Å². The van der Waals surface area contributed by atoms with E-state index in [2.05, 4.69) is 20.2 Å². The van der Waals surface area contributed by atoms with Gasteiger partial charge in [0.1, 0.15) is 6.26 Å². The zero-order valence-electron chi connectivity index (χ0n) is 10.6. The third-order valence-corrected chi connectivity index (χ3v) is 3.51. The first-order chi connectivity index (χ1) is 9.22. The largest absolute Gasteiger partial charge is 0.409 e. The molecular weight excluding hydrogens is 248 g/mol. The van der Waals surface area contributed by atoms with Crippen molar-refractivity contribution in [3.05, 3.63) is 18.0 Å². The minimum absolute atomic E-state index is 0.0312. The molecule has 19 heavy (non-hydrogen) atoms. The van der Waals surface area contributed by atoms with Gasteiger partial charge < -0.3 is 20.8 Å². The molecule has 1 aliphatic carbocycles. The highest BCUT2D eigenvalue weighted by Crippen LogP contribution is 2.26. The molecule has 1 unspecified atom stereocenters. The van der Waals surface area contributed by atoms with Crippen LogP contribution >= 0.6 is 0 Å². The Balaban J connectivity index is 2.07. The monoisotopic (exact) mass is 266 g/mol. The van der Waals surface area contributed by atoms with E-state index in [1.807, 2.05) is 0 Å². The van der Waals surface area contributed by atoms with Crippen molar-refractivity contribution >= 4 is 11.7 Å². The van der Waals surface area contributed by atoms with Gasteiger partial charge in [-0.15, -0.1) is 0 Å². The molecule has 1 amide bonds. The molecule has 0 radical (unpaired) electrons. The highest BCUT2D eigenvalue weighted by atomic mass is 16.5. The van der Waals surface area contributed by atoms with Crippen LogP contribution in [0.2, 0.25) is 0 Å². The van der Waals surface area contributed by atoms with Crippen LogP contribution < -0.4 is 11.1 Å². The highest BCUT2D eigenvalue weighted by Gasteiger charge is 2.29. The minimum Gasteiger partial charge on any atom is -0.409 e. The molecule has 1 aromatic heterocycles. The first kappa shape index (κ1) is 13.4. The molecule has 0 spiro atoms. The summed E-state index contributed by atoms with van der Waals surface area (Å²) >= 11 is 0. The van der Waals surface area contributed by atoms with Crippen LogP contribution in [0.1, 0.15) is 42.6 Å². The lowest BCUT2D eigenvalue weighted by Gasteiger charge is -2.29. The summed E-state index contributed by atoms with van der Waals surface area (Å²) in [6.07, 6.45) is 6.63. The maximum absolute atomic E-state index is 12.0. The third-order valence-electron chi connectivity index (χ3n) is 3.51. The van der Waals surface area contributed by atoms with Crippen molar-refractivity contribution in [3.63, 3.8) is 0 Å². The van der Waals surface area contributed by atoms with E-state index >= 15 is 0 Å². The number of rotatable bonds is 4. The zero-order chi connectivity index (χ0) is 13.7. The maximum atomic E-state index is 12.0. The molecule has 0 bridgehead atoms. The molecule has 104 valence electrons. The van der Waals surface area contributed by atoms with E-state index in [9.17, 15) is 4.79 Å². The van der Waals surface area contributed by atoms with E-state index in [4.69, 9.17) is 10.9 Å². The van der Waals surface area contributed by atoms with Gasteiger partial charge >= 0.3 is 0 Å². The number of aromatic nitrogens is 1. The van der Waals surface area contributed by atoms with Crippen molar-refractivity contribution in [2.24, 2.45) is 16.8 Å². The Labute approximate surface area is 110 Å². The molecule has 0 aromatic carbocycles. The summed E-state index contributed by atoms with van der Waals surface area (Å²) in [5.41, 5.74) is 5.88. The number of nitrogens with one attached hydrogen (secondary N) is 1. The topological polar surface area (TPSA) is 114 Å². The lowest BCUT2D eigenvalue weighted by molar-refractivity contribution is 0.0921. The van der Waals surface area contributed by atoms with Crippen LogP contribution in [0.5, 0.6) is 0 Å². The summed E-state index contributed by atoms with van der Waals surface area (Å²) in [4.78, 5) is 12.0. The van der Waals surface area contributed by atoms with Crippen LogP contribution in [0, 0.1) is 5.92 Å². The molecule has 2 rings (SSSR count). The van der Waals surface area contributed by atoms with Gasteiger partial charge in [0, 0.05) is 6.07 Å². The van der Waals surface area contributed by atoms with E-state index < -0.39 is 6.04 Å². The van der Waals surface area contributed by atoms with Crippen LogP contribution in [-0.2, 0) is 0 Å². The number of amidine groups is 1. The highest BCUT2D eigenvalue weighted by molar-refractivity contribution is 5.96. The van der Waals surface area contributed by atoms with Crippen molar-refractivity contribution < 1.29 is 14.5 Å². The second-order valence-corrected chi connectivity index (χ2v) is 4.76. The fourth-order valence-corrected chi connectivity index (χ4v) is 2.51. The first-order valence-electron chi connectivity index (χ1n) is 6.41. The Bertz CT molecular complexity index is 438. The molecule has 1 heterocycles. The quantitative estimate of drug-likeness (QED) is 0.327. The molecular formula is C12H18N4O3. The van der Waals surface area contributed by atoms with Crippen molar-refractivity contribution in [3.8, 4) is 0 Å². The van der Waals surface area contributed by atoms with Crippen LogP contribution in [-0.4, -0.2) is 28.1 Å². The normalized spacial score (nSPS) is 19.1. The third kappa shape index (κ3) is 3.24. The van der Waals surface area contributed by atoms with Gasteiger partial charge in [-0.3, -0.25) is 4.79 Å². The zero-order valence-corrected chi connectivity index (χ0v) is 10.6. The van der Waals surface area contributed by atoms with Crippen molar-refractivity contribution in [2.75, 3.05) is 0 Å². The van der Waals surface area contributed by atoms with Gasteiger partial charge in [0.05, 0.1) is 6.04 Å². The predicted octanol–water partition coefficient (Wildman–Crippen LogP) is 1.10. The van der Waals surface area contributed by atoms with Gasteiger partial charge in [-0.25, -0.2) is 0 Å².